The highest BCUT2D eigenvalue weighted by Gasteiger charge is 2.09. The van der Waals surface area contributed by atoms with Gasteiger partial charge >= 0.3 is 11.6 Å². The number of allylic oxidation sites excluding steroid dienone is 1. The quantitative estimate of drug-likeness (QED) is 0.482. The molecule has 0 aliphatic heterocycles. The lowest BCUT2D eigenvalue weighted by Gasteiger charge is -1.85. The van der Waals surface area contributed by atoms with Crippen molar-refractivity contribution in [1.29, 1.82) is 0 Å². The third kappa shape index (κ3) is 2.97. The smallest absolute Gasteiger partial charge is 0.433 e. The molecule has 98 valence electrons. The number of hydrogen-bond donors (Lipinski definition) is 2. The molecular weight excluding hydrogens is 256 g/mol. The molecule has 2 heterocycles. The Morgan fingerprint density at radius 3 is 2.89 bits per heavy atom. The molecular formula is C10H8N4O5. The minimum Gasteiger partial charge on any atom is -0.493 e. The molecule has 0 fully saturated rings. The molecule has 0 radical (unpaired) electrons. The van der Waals surface area contributed by atoms with Crippen LogP contribution < -0.4 is 5.69 Å². The van der Waals surface area contributed by atoms with Crippen molar-refractivity contribution in [2.24, 2.45) is 5.10 Å². The molecule has 9 nitrogen and oxygen atoms in total. The molecule has 0 aliphatic carbocycles. The van der Waals surface area contributed by atoms with E-state index in [1.54, 1.807) is 0 Å². The van der Waals surface area contributed by atoms with Crippen molar-refractivity contribution in [3.8, 4) is 5.88 Å². The van der Waals surface area contributed by atoms with Gasteiger partial charge in [0.2, 0.25) is 5.88 Å². The fourth-order valence-corrected chi connectivity index (χ4v) is 1.24. The van der Waals surface area contributed by atoms with Crippen LogP contribution in [0.2, 0.25) is 0 Å². The first-order valence-electron chi connectivity index (χ1n) is 5.02. The largest absolute Gasteiger partial charge is 0.493 e. The van der Waals surface area contributed by atoms with Gasteiger partial charge in [0.15, 0.2) is 0 Å². The minimum absolute atomic E-state index is 0.280. The van der Waals surface area contributed by atoms with E-state index in [4.69, 9.17) is 9.52 Å². The van der Waals surface area contributed by atoms with Gasteiger partial charge in [-0.2, -0.15) is 9.78 Å². The summed E-state index contributed by atoms with van der Waals surface area (Å²) in [6.45, 7) is 0. The normalized spacial score (nSPS) is 11.6. The lowest BCUT2D eigenvalue weighted by molar-refractivity contribution is -0.402. The molecule has 0 aliphatic rings. The number of hydrogen-bond acceptors (Lipinski definition) is 6. The fourth-order valence-electron chi connectivity index (χ4n) is 1.24. The van der Waals surface area contributed by atoms with E-state index < -0.39 is 10.6 Å². The number of furan rings is 1. The standard InChI is InChI=1S/C10H8N4O5/c15-8-6-13(10(16)12-8)11-5-1-2-7-3-4-9(19-7)14(17)18/h1-6,15H,(H,12,16). The van der Waals surface area contributed by atoms with E-state index in [-0.39, 0.29) is 17.5 Å². The third-order valence-corrected chi connectivity index (χ3v) is 2.02. The van der Waals surface area contributed by atoms with E-state index >= 15 is 0 Å². The maximum Gasteiger partial charge on any atom is 0.433 e. The molecule has 0 saturated carbocycles. The molecule has 0 aromatic carbocycles. The van der Waals surface area contributed by atoms with Crippen molar-refractivity contribution in [3.05, 3.63) is 50.8 Å². The summed E-state index contributed by atoms with van der Waals surface area (Å²) in [5, 5.41) is 23.1. The summed E-state index contributed by atoms with van der Waals surface area (Å²) in [6, 6.07) is 2.66. The monoisotopic (exact) mass is 264 g/mol. The maximum atomic E-state index is 11.1. The van der Waals surface area contributed by atoms with Gasteiger partial charge in [-0.05, 0) is 18.2 Å². The molecule has 9 heteroatoms. The van der Waals surface area contributed by atoms with Gasteiger partial charge in [0, 0.05) is 6.21 Å². The summed E-state index contributed by atoms with van der Waals surface area (Å²) in [7, 11) is 0. The summed E-state index contributed by atoms with van der Waals surface area (Å²) >= 11 is 0. The first-order valence-corrected chi connectivity index (χ1v) is 5.02. The second kappa shape index (κ2) is 5.04. The van der Waals surface area contributed by atoms with E-state index in [1.165, 1.54) is 30.5 Å². The second-order valence-electron chi connectivity index (χ2n) is 3.35. The van der Waals surface area contributed by atoms with Gasteiger partial charge in [-0.25, -0.2) is 4.79 Å². The number of nitrogens with one attached hydrogen (secondary N) is 1. The first kappa shape index (κ1) is 12.4. The van der Waals surface area contributed by atoms with Crippen molar-refractivity contribution in [1.82, 2.24) is 9.66 Å². The molecule has 0 amide bonds. The summed E-state index contributed by atoms with van der Waals surface area (Å²) in [6.07, 6.45) is 5.24. The van der Waals surface area contributed by atoms with E-state index in [2.05, 4.69) is 10.1 Å². The number of aromatic hydroxyl groups is 1. The molecule has 0 spiro atoms. The van der Waals surface area contributed by atoms with Crippen LogP contribution in [0, 0.1) is 10.1 Å². The third-order valence-electron chi connectivity index (χ3n) is 2.02. The Hall–Kier alpha value is -3.10. The van der Waals surface area contributed by atoms with E-state index in [9.17, 15) is 14.9 Å². The van der Waals surface area contributed by atoms with Crippen LogP contribution in [0.4, 0.5) is 5.88 Å². The van der Waals surface area contributed by atoms with Gasteiger partial charge in [-0.1, -0.05) is 0 Å². The number of aromatic amines is 1. The van der Waals surface area contributed by atoms with Crippen molar-refractivity contribution >= 4 is 18.2 Å². The first-order chi connectivity index (χ1) is 9.06. The van der Waals surface area contributed by atoms with Crippen molar-refractivity contribution < 1.29 is 14.4 Å². The number of nitrogens with zero attached hydrogens (tertiary/aromatic N) is 3. The predicted molar refractivity (Wildman–Crippen MR) is 65.0 cm³/mol. The van der Waals surface area contributed by atoms with Crippen LogP contribution in [0.1, 0.15) is 5.76 Å². The van der Waals surface area contributed by atoms with Gasteiger partial charge < -0.3 is 9.52 Å². The Labute approximate surface area is 105 Å². The highest BCUT2D eigenvalue weighted by Crippen LogP contribution is 2.16. The average Bonchev–Trinajstić information content (AvgIpc) is 2.92. The highest BCUT2D eigenvalue weighted by atomic mass is 16.6. The Morgan fingerprint density at radius 1 is 1.53 bits per heavy atom. The van der Waals surface area contributed by atoms with Crippen LogP contribution in [-0.4, -0.2) is 25.9 Å². The van der Waals surface area contributed by atoms with Crippen LogP contribution >= 0.6 is 0 Å². The van der Waals surface area contributed by atoms with E-state index in [1.807, 2.05) is 0 Å². The fraction of sp³-hybridized carbons (Fsp3) is 0. The SMILES string of the molecule is O=c1[nH]c(O)cn1N=CC=Cc1ccc([N+](=O)[O-])o1. The van der Waals surface area contributed by atoms with Crippen LogP contribution in [0.5, 0.6) is 5.88 Å². The summed E-state index contributed by atoms with van der Waals surface area (Å²) in [5.41, 5.74) is -0.587. The van der Waals surface area contributed by atoms with E-state index in [0.717, 1.165) is 10.9 Å². The van der Waals surface area contributed by atoms with Crippen molar-refractivity contribution in [2.75, 3.05) is 0 Å². The molecule has 0 unspecified atom stereocenters. The summed E-state index contributed by atoms with van der Waals surface area (Å²) < 4.78 is 5.76. The van der Waals surface area contributed by atoms with Gasteiger partial charge in [0.25, 0.3) is 0 Å². The predicted octanol–water partition coefficient (Wildman–Crippen LogP) is 0.931. The van der Waals surface area contributed by atoms with Crippen LogP contribution in [-0.2, 0) is 0 Å². The lowest BCUT2D eigenvalue weighted by Crippen LogP contribution is -2.11. The van der Waals surface area contributed by atoms with Crippen molar-refractivity contribution in [2.45, 2.75) is 0 Å². The Kier molecular flexibility index (Phi) is 3.28. The lowest BCUT2D eigenvalue weighted by atomic mass is 10.4. The summed E-state index contributed by atoms with van der Waals surface area (Å²) in [4.78, 5) is 22.9. The molecule has 0 saturated heterocycles. The zero-order valence-electron chi connectivity index (χ0n) is 9.39. The molecule has 0 bridgehead atoms. The number of aromatic nitrogens is 2. The molecule has 19 heavy (non-hydrogen) atoms. The number of rotatable bonds is 4. The Bertz CT molecular complexity index is 706. The number of imidazole rings is 1. The zero-order chi connectivity index (χ0) is 13.8. The minimum atomic E-state index is -0.645. The average molecular weight is 264 g/mol. The topological polar surface area (TPSA) is 127 Å². The van der Waals surface area contributed by atoms with Crippen LogP contribution in [0.15, 0.2) is 38.7 Å². The van der Waals surface area contributed by atoms with Gasteiger partial charge in [0.1, 0.15) is 10.7 Å². The van der Waals surface area contributed by atoms with Gasteiger partial charge in [-0.15, -0.1) is 0 Å². The Morgan fingerprint density at radius 2 is 2.32 bits per heavy atom. The molecule has 2 N–H and O–H groups in total. The van der Waals surface area contributed by atoms with Crippen LogP contribution in [0.25, 0.3) is 6.08 Å². The summed E-state index contributed by atoms with van der Waals surface area (Å²) in [5.74, 6) is -0.376. The molecule has 2 aromatic rings. The molecule has 2 aromatic heterocycles. The highest BCUT2D eigenvalue weighted by molar-refractivity contribution is 5.77. The van der Waals surface area contributed by atoms with Gasteiger partial charge in [-0.3, -0.25) is 15.1 Å². The second-order valence-corrected chi connectivity index (χ2v) is 3.35. The van der Waals surface area contributed by atoms with E-state index in [0.29, 0.717) is 0 Å². The molecule has 0 atom stereocenters. The molecule has 2 rings (SSSR count). The Balaban J connectivity index is 2.05. The van der Waals surface area contributed by atoms with Crippen molar-refractivity contribution in [3.63, 3.8) is 0 Å². The van der Waals surface area contributed by atoms with Crippen LogP contribution in [0.3, 0.4) is 0 Å². The maximum absolute atomic E-state index is 11.1. The number of nitro groups is 1. The van der Waals surface area contributed by atoms with Gasteiger partial charge in [0.05, 0.1) is 12.3 Å². The zero-order valence-corrected chi connectivity index (χ0v) is 9.39. The number of H-pyrrole nitrogens is 1.